The average molecular weight is 140 g/mol. The number of hydrogen-bond donors (Lipinski definition) is 0. The Labute approximate surface area is 59.7 Å². The van der Waals surface area contributed by atoms with E-state index >= 15 is 0 Å². The SMILES string of the molecule is CSc1ccc[n+](C)c1. The summed E-state index contributed by atoms with van der Waals surface area (Å²) in [5.41, 5.74) is 0. The predicted octanol–water partition coefficient (Wildman–Crippen LogP) is 1.23. The Morgan fingerprint density at radius 2 is 2.33 bits per heavy atom. The molecule has 0 saturated carbocycles. The van der Waals surface area contributed by atoms with Crippen molar-refractivity contribution in [2.24, 2.45) is 7.05 Å². The predicted molar refractivity (Wildman–Crippen MR) is 39.4 cm³/mol. The maximum atomic E-state index is 2.10. The molecule has 1 aromatic heterocycles. The Hall–Kier alpha value is -0.500. The molecule has 1 aromatic rings. The lowest BCUT2D eigenvalue weighted by molar-refractivity contribution is -0.673. The molecule has 0 radical (unpaired) electrons. The van der Waals surface area contributed by atoms with E-state index in [4.69, 9.17) is 0 Å². The molecule has 0 N–H and O–H groups in total. The van der Waals surface area contributed by atoms with E-state index in [1.165, 1.54) is 4.90 Å². The Morgan fingerprint density at radius 3 is 2.78 bits per heavy atom. The zero-order chi connectivity index (χ0) is 6.69. The van der Waals surface area contributed by atoms with E-state index in [9.17, 15) is 0 Å². The van der Waals surface area contributed by atoms with E-state index in [-0.39, 0.29) is 0 Å². The summed E-state index contributed by atoms with van der Waals surface area (Å²) in [5.74, 6) is 0. The molecule has 0 bridgehead atoms. The molecule has 0 amide bonds. The van der Waals surface area contributed by atoms with E-state index in [0.29, 0.717) is 0 Å². The van der Waals surface area contributed by atoms with Crippen LogP contribution in [0.3, 0.4) is 0 Å². The van der Waals surface area contributed by atoms with Gasteiger partial charge < -0.3 is 0 Å². The Bertz CT molecular complexity index is 198. The standard InChI is InChI=1S/C7H10NS/c1-8-5-3-4-7(6-8)9-2/h3-6H,1-2H3/q+1. The number of hydrogen-bond acceptors (Lipinski definition) is 1. The van der Waals surface area contributed by atoms with Crippen LogP contribution in [0, 0.1) is 0 Å². The van der Waals surface area contributed by atoms with Gasteiger partial charge >= 0.3 is 0 Å². The van der Waals surface area contributed by atoms with Crippen molar-refractivity contribution in [3.63, 3.8) is 0 Å². The molecule has 9 heavy (non-hydrogen) atoms. The Kier molecular flexibility index (Phi) is 2.11. The van der Waals surface area contributed by atoms with E-state index in [0.717, 1.165) is 0 Å². The Balaban J connectivity index is 2.94. The summed E-state index contributed by atoms with van der Waals surface area (Å²) in [6.07, 6.45) is 6.21. The normalized spacial score (nSPS) is 9.56. The third-order valence-electron chi connectivity index (χ3n) is 1.15. The van der Waals surface area contributed by atoms with Gasteiger partial charge in [0.05, 0.1) is 4.90 Å². The molecule has 0 saturated heterocycles. The van der Waals surface area contributed by atoms with Crippen LogP contribution >= 0.6 is 11.8 Å². The average Bonchev–Trinajstić information content (AvgIpc) is 1.88. The van der Waals surface area contributed by atoms with Gasteiger partial charge in [-0.15, -0.1) is 11.8 Å². The molecule has 0 unspecified atom stereocenters. The van der Waals surface area contributed by atoms with Gasteiger partial charge in [-0.05, 0) is 12.3 Å². The lowest BCUT2D eigenvalue weighted by Crippen LogP contribution is -2.26. The van der Waals surface area contributed by atoms with Gasteiger partial charge in [-0.3, -0.25) is 0 Å². The van der Waals surface area contributed by atoms with Crippen molar-refractivity contribution < 1.29 is 4.57 Å². The van der Waals surface area contributed by atoms with Crippen LogP contribution in [0.15, 0.2) is 29.4 Å². The third-order valence-corrected chi connectivity index (χ3v) is 1.86. The smallest absolute Gasteiger partial charge is 0.182 e. The summed E-state index contributed by atoms with van der Waals surface area (Å²) in [6, 6.07) is 4.15. The highest BCUT2D eigenvalue weighted by Crippen LogP contribution is 2.09. The monoisotopic (exact) mass is 140 g/mol. The number of nitrogens with zero attached hydrogens (tertiary/aromatic N) is 1. The molecule has 0 aliphatic carbocycles. The van der Waals surface area contributed by atoms with Crippen molar-refractivity contribution in [2.45, 2.75) is 4.90 Å². The van der Waals surface area contributed by atoms with E-state index in [2.05, 4.69) is 18.5 Å². The van der Waals surface area contributed by atoms with Gasteiger partial charge in [-0.1, -0.05) is 0 Å². The van der Waals surface area contributed by atoms with Crippen LogP contribution in [0.2, 0.25) is 0 Å². The van der Waals surface area contributed by atoms with Crippen LogP contribution in [-0.2, 0) is 7.05 Å². The number of aromatic nitrogens is 1. The highest BCUT2D eigenvalue weighted by atomic mass is 32.2. The molecule has 48 valence electrons. The highest BCUT2D eigenvalue weighted by molar-refractivity contribution is 7.98. The molecule has 0 aromatic carbocycles. The molecule has 2 heteroatoms. The zero-order valence-electron chi connectivity index (χ0n) is 5.66. The summed E-state index contributed by atoms with van der Waals surface area (Å²) in [4.78, 5) is 1.31. The fourth-order valence-electron chi connectivity index (χ4n) is 0.681. The van der Waals surface area contributed by atoms with Crippen LogP contribution < -0.4 is 4.57 Å². The number of thioether (sulfide) groups is 1. The first-order valence-electron chi connectivity index (χ1n) is 2.82. The summed E-state index contributed by atoms with van der Waals surface area (Å²) < 4.78 is 2.05. The summed E-state index contributed by atoms with van der Waals surface area (Å²) in [7, 11) is 2.03. The fourth-order valence-corrected chi connectivity index (χ4v) is 1.17. The summed E-state index contributed by atoms with van der Waals surface area (Å²) in [5, 5.41) is 0. The van der Waals surface area contributed by atoms with Crippen LogP contribution in [0.1, 0.15) is 0 Å². The lowest BCUT2D eigenvalue weighted by Gasteiger charge is -1.89. The van der Waals surface area contributed by atoms with E-state index < -0.39 is 0 Å². The van der Waals surface area contributed by atoms with Crippen molar-refractivity contribution in [3.05, 3.63) is 24.5 Å². The molecule has 1 heterocycles. The van der Waals surface area contributed by atoms with Gasteiger partial charge in [0.2, 0.25) is 0 Å². The summed E-state index contributed by atoms with van der Waals surface area (Å²) in [6.45, 7) is 0. The van der Waals surface area contributed by atoms with E-state index in [1.54, 1.807) is 11.8 Å². The maximum Gasteiger partial charge on any atom is 0.182 e. The van der Waals surface area contributed by atoms with Crippen molar-refractivity contribution in [2.75, 3.05) is 6.26 Å². The van der Waals surface area contributed by atoms with Gasteiger partial charge in [-0.2, -0.15) is 0 Å². The molecule has 0 aliphatic heterocycles. The molecule has 0 aliphatic rings. The van der Waals surface area contributed by atoms with Crippen LogP contribution in [0.4, 0.5) is 0 Å². The lowest BCUT2D eigenvalue weighted by atomic mass is 10.5. The third kappa shape index (κ3) is 1.72. The first kappa shape index (κ1) is 6.62. The molecule has 0 atom stereocenters. The fraction of sp³-hybridized carbons (Fsp3) is 0.286. The minimum absolute atomic E-state index is 1.31. The van der Waals surface area contributed by atoms with Crippen LogP contribution in [0.25, 0.3) is 0 Å². The maximum absolute atomic E-state index is 2.10. The second-order valence-electron chi connectivity index (χ2n) is 1.91. The highest BCUT2D eigenvalue weighted by Gasteiger charge is 1.92. The minimum Gasteiger partial charge on any atom is -0.207 e. The largest absolute Gasteiger partial charge is 0.207 e. The molecular weight excluding hydrogens is 130 g/mol. The minimum atomic E-state index is 1.31. The van der Waals surface area contributed by atoms with Crippen LogP contribution in [0.5, 0.6) is 0 Å². The van der Waals surface area contributed by atoms with Crippen molar-refractivity contribution in [1.82, 2.24) is 0 Å². The van der Waals surface area contributed by atoms with E-state index in [1.807, 2.05) is 23.9 Å². The molecular formula is C7H10NS+. The van der Waals surface area contributed by atoms with Gasteiger partial charge in [0.1, 0.15) is 7.05 Å². The number of pyridine rings is 1. The first-order valence-corrected chi connectivity index (χ1v) is 4.04. The van der Waals surface area contributed by atoms with Crippen molar-refractivity contribution in [3.8, 4) is 0 Å². The van der Waals surface area contributed by atoms with Crippen LogP contribution in [-0.4, -0.2) is 6.26 Å². The number of aryl methyl sites for hydroxylation is 1. The molecule has 0 fully saturated rings. The second-order valence-corrected chi connectivity index (χ2v) is 2.79. The zero-order valence-corrected chi connectivity index (χ0v) is 6.48. The second kappa shape index (κ2) is 2.87. The summed E-state index contributed by atoms with van der Waals surface area (Å²) >= 11 is 1.76. The van der Waals surface area contributed by atoms with Gasteiger partial charge in [-0.25, -0.2) is 4.57 Å². The van der Waals surface area contributed by atoms with Gasteiger partial charge in [0.15, 0.2) is 12.4 Å². The molecule has 0 spiro atoms. The van der Waals surface area contributed by atoms with Crippen molar-refractivity contribution in [1.29, 1.82) is 0 Å². The Morgan fingerprint density at radius 1 is 1.56 bits per heavy atom. The quantitative estimate of drug-likeness (QED) is 0.419. The molecule has 1 rings (SSSR count). The van der Waals surface area contributed by atoms with Gasteiger partial charge in [0, 0.05) is 6.07 Å². The molecule has 1 nitrogen and oxygen atoms in total. The number of rotatable bonds is 1. The van der Waals surface area contributed by atoms with Crippen molar-refractivity contribution >= 4 is 11.8 Å². The first-order chi connectivity index (χ1) is 4.33. The topological polar surface area (TPSA) is 3.88 Å². The van der Waals surface area contributed by atoms with Gasteiger partial charge in [0.25, 0.3) is 0 Å².